The summed E-state index contributed by atoms with van der Waals surface area (Å²) in [5.41, 5.74) is -0.175. The van der Waals surface area contributed by atoms with Crippen molar-refractivity contribution in [2.24, 2.45) is 0 Å². The van der Waals surface area contributed by atoms with Crippen LogP contribution in [-0.2, 0) is 21.7 Å². The fraction of sp³-hybridized carbons (Fsp3) is 0.312. The van der Waals surface area contributed by atoms with Crippen LogP contribution in [0.25, 0.3) is 0 Å². The number of nitrogens with one attached hydrogen (secondary N) is 4. The Balaban J connectivity index is 0.000000608. The van der Waals surface area contributed by atoms with Gasteiger partial charge in [-0.25, -0.2) is 51.5 Å². The number of carbonyl (C=O) groups is 2. The maximum absolute atomic E-state index is 13.1. The molecule has 11 heteroatoms. The summed E-state index contributed by atoms with van der Waals surface area (Å²) >= 11 is 0. The maximum Gasteiger partial charge on any atom is 4.00 e. The molecule has 228 valence electrons. The van der Waals surface area contributed by atoms with Crippen molar-refractivity contribution in [2.75, 3.05) is 23.7 Å². The van der Waals surface area contributed by atoms with Crippen molar-refractivity contribution in [1.82, 2.24) is 10.6 Å². The average Bonchev–Trinajstić information content (AvgIpc) is 3.73. The van der Waals surface area contributed by atoms with Crippen LogP contribution in [0.15, 0.2) is 60.7 Å². The van der Waals surface area contributed by atoms with Gasteiger partial charge in [0.25, 0.3) is 0 Å². The molecule has 0 aromatic heterocycles. The average molecular weight is 633 g/mol. The van der Waals surface area contributed by atoms with Gasteiger partial charge in [-0.3, -0.25) is 12.2 Å². The molecule has 4 amide bonds. The topological polar surface area (TPSA) is 82.3 Å². The third kappa shape index (κ3) is 20.0. The molecule has 0 saturated carbocycles. The monoisotopic (exact) mass is 632 g/mol. The minimum Gasteiger partial charge on any atom is -0.359 e. The summed E-state index contributed by atoms with van der Waals surface area (Å²) in [6.07, 6.45) is 23.6. The third-order valence-electron chi connectivity index (χ3n) is 5.02. The van der Waals surface area contributed by atoms with Crippen molar-refractivity contribution in [3.05, 3.63) is 108 Å². The van der Waals surface area contributed by atoms with Crippen molar-refractivity contribution in [2.45, 2.75) is 52.4 Å². The Morgan fingerprint density at radius 1 is 0.698 bits per heavy atom. The molecule has 6 nitrogen and oxygen atoms in total. The van der Waals surface area contributed by atoms with Gasteiger partial charge in [-0.2, -0.15) is 12.2 Å². The van der Waals surface area contributed by atoms with E-state index >= 15 is 0 Å². The molecule has 2 aromatic rings. The number of hydrogen-bond acceptors (Lipinski definition) is 2. The second-order valence-electron chi connectivity index (χ2n) is 8.54. The Kier molecular flexibility index (Phi) is 22.8. The first-order valence-corrected chi connectivity index (χ1v) is 13.5. The van der Waals surface area contributed by atoms with E-state index in [1.54, 1.807) is 0 Å². The molecular weight excluding hydrogens is 596 g/mol. The molecule has 0 radical (unpaired) electrons. The molecule has 4 N–H and O–H groups in total. The number of anilines is 2. The van der Waals surface area contributed by atoms with E-state index in [-0.39, 0.29) is 33.1 Å². The standard InChI is InChI=1S/2C11H13F2N2O.2C5H5.Ti/c2*1-2-3-6-14-11(16)15-10-5-4-8(12)7-9(10)13;2*1-2-4-5-3-1;/h2*4-5H,2-3,6H2,1H3,(H2,14,15,16);2*1-3H,4H2;/q4*-1;+4. The number of halogens is 4. The van der Waals surface area contributed by atoms with Gasteiger partial charge in [-0.1, -0.05) is 26.7 Å². The molecule has 0 unspecified atom stereocenters. The van der Waals surface area contributed by atoms with Crippen LogP contribution in [0.2, 0.25) is 0 Å². The number of benzene rings is 2. The van der Waals surface area contributed by atoms with E-state index in [4.69, 9.17) is 0 Å². The molecule has 0 bridgehead atoms. The summed E-state index contributed by atoms with van der Waals surface area (Å²) in [6, 6.07) is 7.03. The van der Waals surface area contributed by atoms with Gasteiger partial charge in [-0.05, 0) is 24.2 Å². The van der Waals surface area contributed by atoms with Gasteiger partial charge < -0.3 is 21.3 Å². The molecule has 0 spiro atoms. The van der Waals surface area contributed by atoms with Gasteiger partial charge in [0.1, 0.15) is 0 Å². The van der Waals surface area contributed by atoms with E-state index in [2.05, 4.69) is 45.6 Å². The van der Waals surface area contributed by atoms with Crippen molar-refractivity contribution < 1.29 is 48.9 Å². The van der Waals surface area contributed by atoms with E-state index < -0.39 is 35.3 Å². The molecule has 0 atom stereocenters. The van der Waals surface area contributed by atoms with Gasteiger partial charge in [0, 0.05) is 36.4 Å². The Labute approximate surface area is 266 Å². The van der Waals surface area contributed by atoms with Crippen LogP contribution in [0.1, 0.15) is 52.4 Å². The largest absolute Gasteiger partial charge is 4.00 e. The molecule has 0 saturated heterocycles. The predicted octanol–water partition coefficient (Wildman–Crippen LogP) is 7.98. The van der Waals surface area contributed by atoms with E-state index in [1.807, 2.05) is 50.3 Å². The van der Waals surface area contributed by atoms with Crippen LogP contribution in [-0.4, -0.2) is 25.2 Å². The minimum absolute atomic E-state index is 0. The Bertz CT molecular complexity index is 1110. The number of unbranched alkanes of at least 4 members (excludes halogenated alkanes) is 2. The van der Waals surface area contributed by atoms with E-state index in [1.165, 1.54) is 0 Å². The number of urea groups is 2. The zero-order valence-electron chi connectivity index (χ0n) is 24.3. The molecule has 2 aliphatic rings. The molecule has 43 heavy (non-hydrogen) atoms. The first-order chi connectivity index (χ1) is 20.3. The van der Waals surface area contributed by atoms with Crippen LogP contribution in [0.4, 0.5) is 38.5 Å². The Morgan fingerprint density at radius 2 is 1.09 bits per heavy atom. The first-order valence-electron chi connectivity index (χ1n) is 13.5. The van der Waals surface area contributed by atoms with Crippen LogP contribution in [0.3, 0.4) is 0 Å². The quantitative estimate of drug-likeness (QED) is 0.103. The second kappa shape index (κ2) is 24.9. The van der Waals surface area contributed by atoms with Crippen LogP contribution in [0.5, 0.6) is 0 Å². The van der Waals surface area contributed by atoms with Gasteiger partial charge >= 0.3 is 33.8 Å². The zero-order chi connectivity index (χ0) is 31.0. The van der Waals surface area contributed by atoms with Crippen molar-refractivity contribution in [1.29, 1.82) is 0 Å². The van der Waals surface area contributed by atoms with Crippen molar-refractivity contribution in [3.63, 3.8) is 0 Å². The fourth-order valence-corrected chi connectivity index (χ4v) is 2.85. The summed E-state index contributed by atoms with van der Waals surface area (Å²) in [6.45, 7) is 5.03. The molecule has 0 heterocycles. The maximum atomic E-state index is 13.1. The van der Waals surface area contributed by atoms with Gasteiger partial charge in [0.2, 0.25) is 0 Å². The van der Waals surface area contributed by atoms with Gasteiger partial charge in [0.15, 0.2) is 0 Å². The fourth-order valence-electron chi connectivity index (χ4n) is 2.85. The third-order valence-corrected chi connectivity index (χ3v) is 5.02. The predicted molar refractivity (Wildman–Crippen MR) is 157 cm³/mol. The van der Waals surface area contributed by atoms with Crippen molar-refractivity contribution >= 4 is 23.4 Å². The number of allylic oxidation sites excluding steroid dienone is 8. The second-order valence-corrected chi connectivity index (χ2v) is 8.54. The van der Waals surface area contributed by atoms with E-state index in [9.17, 15) is 27.2 Å². The molecule has 2 aliphatic carbocycles. The number of amides is 4. The minimum atomic E-state index is -0.911. The van der Waals surface area contributed by atoms with E-state index in [0.29, 0.717) is 13.1 Å². The molecule has 0 aliphatic heterocycles. The summed E-state index contributed by atoms with van der Waals surface area (Å²) in [4.78, 5) is 22.5. The summed E-state index contributed by atoms with van der Waals surface area (Å²) < 4.78 is 51.1. The summed E-state index contributed by atoms with van der Waals surface area (Å²) in [5, 5.41) is 9.65. The summed E-state index contributed by atoms with van der Waals surface area (Å²) in [5.74, 6) is -3.42. The molecular formula is C32H36F4N4O2Ti. The number of hydrogen-bond donors (Lipinski definition) is 4. The van der Waals surface area contributed by atoms with Gasteiger partial charge in [0.05, 0.1) is 0 Å². The molecule has 4 rings (SSSR count). The Hall–Kier alpha value is -3.63. The van der Waals surface area contributed by atoms with Crippen molar-refractivity contribution in [3.8, 4) is 0 Å². The number of carbonyl (C=O) groups excluding carboxylic acids is 2. The summed E-state index contributed by atoms with van der Waals surface area (Å²) in [7, 11) is 0. The van der Waals surface area contributed by atoms with E-state index in [0.717, 1.165) is 62.8 Å². The van der Waals surface area contributed by atoms with Crippen LogP contribution < -0.4 is 21.3 Å². The Morgan fingerprint density at radius 3 is 1.35 bits per heavy atom. The SMILES string of the molecule is CCCCNC(=O)Nc1ccc(F)[c-]c1F.CCCCNC(=O)Nc1ccc(F)[c-]c1F.[C-]1=CC=CC1.[C-]1=CC=CC1.[Ti+4]. The molecule has 2 aromatic carbocycles. The van der Waals surface area contributed by atoms with Gasteiger partial charge in [-0.15, -0.1) is 49.2 Å². The smallest absolute Gasteiger partial charge is 0.359 e. The molecule has 0 fully saturated rings. The zero-order valence-corrected chi connectivity index (χ0v) is 25.8. The normalized spacial score (nSPS) is 11.5. The van der Waals surface area contributed by atoms with Crippen LogP contribution in [0, 0.1) is 47.6 Å². The first kappa shape index (κ1) is 39.4. The van der Waals surface area contributed by atoms with Crippen LogP contribution >= 0.6 is 0 Å². The number of rotatable bonds is 8.